The Morgan fingerprint density at radius 1 is 1.30 bits per heavy atom. The minimum Gasteiger partial charge on any atom is -0.398 e. The molecule has 0 saturated carbocycles. The first kappa shape index (κ1) is 14.8. The average Bonchev–Trinajstić information content (AvgIpc) is 2.44. The van der Waals surface area contributed by atoms with Crippen LogP contribution in [0.5, 0.6) is 0 Å². The second kappa shape index (κ2) is 6.68. The van der Waals surface area contributed by atoms with Crippen LogP contribution in [0.3, 0.4) is 0 Å². The number of halogens is 1. The van der Waals surface area contributed by atoms with Crippen LogP contribution in [0.25, 0.3) is 0 Å². The first-order valence-electron chi connectivity index (χ1n) is 6.20. The average molecular weight is 307 g/mol. The van der Waals surface area contributed by atoms with Crippen LogP contribution in [-0.4, -0.2) is 11.7 Å². The van der Waals surface area contributed by atoms with Crippen molar-refractivity contribution in [3.63, 3.8) is 0 Å². The fourth-order valence-corrected chi connectivity index (χ4v) is 2.70. The largest absolute Gasteiger partial charge is 0.398 e. The summed E-state index contributed by atoms with van der Waals surface area (Å²) in [4.78, 5) is 13.3. The van der Waals surface area contributed by atoms with Gasteiger partial charge < -0.3 is 11.1 Å². The second-order valence-corrected chi connectivity index (χ2v) is 5.86. The topological polar surface area (TPSA) is 55.1 Å². The van der Waals surface area contributed by atoms with E-state index in [1.165, 1.54) is 0 Å². The summed E-state index contributed by atoms with van der Waals surface area (Å²) in [5.74, 6) is 0.681. The number of carbonyl (C=O) groups excluding carboxylic acids is 1. The molecule has 3 N–H and O–H groups in total. The van der Waals surface area contributed by atoms with E-state index in [1.54, 1.807) is 30.0 Å². The third kappa shape index (κ3) is 3.46. The summed E-state index contributed by atoms with van der Waals surface area (Å²) < 4.78 is 0. The molecular formula is C15H15ClN2OS. The zero-order chi connectivity index (χ0) is 14.5. The zero-order valence-corrected chi connectivity index (χ0v) is 12.6. The number of nitrogens with two attached hydrogens (primary N) is 1. The van der Waals surface area contributed by atoms with Crippen molar-refractivity contribution in [3.05, 3.63) is 53.1 Å². The molecule has 0 fully saturated rings. The molecule has 0 atom stereocenters. The standard InChI is InChI=1S/C15H15ClN2OS/c1-2-20-14-6-4-3-5-13(14)18-15(19)11-9-10(16)7-8-12(11)17/h3-9H,2,17H2,1H3,(H,18,19). The Labute approximate surface area is 127 Å². The van der Waals surface area contributed by atoms with E-state index in [9.17, 15) is 4.79 Å². The van der Waals surface area contributed by atoms with Crippen LogP contribution in [0.1, 0.15) is 17.3 Å². The van der Waals surface area contributed by atoms with E-state index in [2.05, 4.69) is 12.2 Å². The van der Waals surface area contributed by atoms with Crippen LogP contribution < -0.4 is 11.1 Å². The van der Waals surface area contributed by atoms with Gasteiger partial charge in [-0.15, -0.1) is 11.8 Å². The maximum atomic E-state index is 12.3. The van der Waals surface area contributed by atoms with Crippen molar-refractivity contribution in [2.75, 3.05) is 16.8 Å². The number of nitrogens with one attached hydrogen (secondary N) is 1. The summed E-state index contributed by atoms with van der Waals surface area (Å²) in [6.45, 7) is 2.07. The van der Waals surface area contributed by atoms with Crippen LogP contribution in [0.4, 0.5) is 11.4 Å². The molecule has 0 aromatic heterocycles. The van der Waals surface area contributed by atoms with Crippen molar-refractivity contribution in [1.82, 2.24) is 0 Å². The number of hydrogen-bond acceptors (Lipinski definition) is 3. The van der Waals surface area contributed by atoms with Gasteiger partial charge in [0.15, 0.2) is 0 Å². The predicted octanol–water partition coefficient (Wildman–Crippen LogP) is 4.29. The Kier molecular flexibility index (Phi) is 4.93. The molecule has 0 heterocycles. The number of anilines is 2. The van der Waals surface area contributed by atoms with Gasteiger partial charge in [0, 0.05) is 15.6 Å². The number of para-hydroxylation sites is 1. The first-order chi connectivity index (χ1) is 9.61. The van der Waals surface area contributed by atoms with Crippen molar-refractivity contribution < 1.29 is 4.79 Å². The van der Waals surface area contributed by atoms with E-state index in [4.69, 9.17) is 17.3 Å². The molecule has 20 heavy (non-hydrogen) atoms. The first-order valence-corrected chi connectivity index (χ1v) is 7.56. The van der Waals surface area contributed by atoms with Crippen molar-refractivity contribution in [2.24, 2.45) is 0 Å². The molecule has 0 bridgehead atoms. The number of thioether (sulfide) groups is 1. The quantitative estimate of drug-likeness (QED) is 0.654. The van der Waals surface area contributed by atoms with Gasteiger partial charge in [-0.1, -0.05) is 30.7 Å². The minimum absolute atomic E-state index is 0.255. The third-order valence-corrected chi connectivity index (χ3v) is 3.89. The molecule has 0 aliphatic rings. The molecule has 104 valence electrons. The SMILES string of the molecule is CCSc1ccccc1NC(=O)c1cc(Cl)ccc1N. The molecule has 5 heteroatoms. The van der Waals surface area contributed by atoms with Crippen molar-refractivity contribution >= 4 is 40.6 Å². The molecule has 2 aromatic rings. The lowest BCUT2D eigenvalue weighted by Gasteiger charge is -2.11. The maximum absolute atomic E-state index is 12.3. The van der Waals surface area contributed by atoms with Crippen LogP contribution in [-0.2, 0) is 0 Å². The Hall–Kier alpha value is -1.65. The van der Waals surface area contributed by atoms with Crippen molar-refractivity contribution in [1.29, 1.82) is 0 Å². The van der Waals surface area contributed by atoms with Gasteiger partial charge >= 0.3 is 0 Å². The molecule has 0 radical (unpaired) electrons. The molecule has 0 saturated heterocycles. The summed E-state index contributed by atoms with van der Waals surface area (Å²) >= 11 is 7.58. The smallest absolute Gasteiger partial charge is 0.257 e. The highest BCUT2D eigenvalue weighted by Crippen LogP contribution is 2.27. The summed E-state index contributed by atoms with van der Waals surface area (Å²) in [6.07, 6.45) is 0. The predicted molar refractivity (Wildman–Crippen MR) is 86.7 cm³/mol. The van der Waals surface area contributed by atoms with Crippen LogP contribution in [0.2, 0.25) is 5.02 Å². The van der Waals surface area contributed by atoms with E-state index in [0.717, 1.165) is 16.3 Å². The van der Waals surface area contributed by atoms with Gasteiger partial charge in [0.05, 0.1) is 11.3 Å². The van der Waals surface area contributed by atoms with Gasteiger partial charge in [-0.3, -0.25) is 4.79 Å². The molecule has 3 nitrogen and oxygen atoms in total. The number of rotatable bonds is 4. The Morgan fingerprint density at radius 2 is 2.05 bits per heavy atom. The molecule has 2 aromatic carbocycles. The highest BCUT2D eigenvalue weighted by atomic mass is 35.5. The van der Waals surface area contributed by atoms with Gasteiger partial charge in [0.2, 0.25) is 0 Å². The second-order valence-electron chi connectivity index (χ2n) is 4.11. The number of benzene rings is 2. The van der Waals surface area contributed by atoms with E-state index in [-0.39, 0.29) is 5.91 Å². The number of hydrogen-bond donors (Lipinski definition) is 2. The monoisotopic (exact) mass is 306 g/mol. The molecule has 2 rings (SSSR count). The van der Waals surface area contributed by atoms with Gasteiger partial charge in [-0.2, -0.15) is 0 Å². The third-order valence-electron chi connectivity index (χ3n) is 2.70. The van der Waals surface area contributed by atoms with Crippen LogP contribution in [0, 0.1) is 0 Å². The van der Waals surface area contributed by atoms with Gasteiger partial charge in [0.25, 0.3) is 5.91 Å². The van der Waals surface area contributed by atoms with E-state index < -0.39 is 0 Å². The number of nitrogen functional groups attached to an aromatic ring is 1. The lowest BCUT2D eigenvalue weighted by atomic mass is 10.1. The van der Waals surface area contributed by atoms with Gasteiger partial charge in [-0.05, 0) is 36.1 Å². The Morgan fingerprint density at radius 3 is 2.80 bits per heavy atom. The summed E-state index contributed by atoms with van der Waals surface area (Å²) in [7, 11) is 0. The lowest BCUT2D eigenvalue weighted by molar-refractivity contribution is 0.102. The van der Waals surface area contributed by atoms with Crippen LogP contribution in [0.15, 0.2) is 47.4 Å². The fraction of sp³-hybridized carbons (Fsp3) is 0.133. The maximum Gasteiger partial charge on any atom is 0.257 e. The van der Waals surface area contributed by atoms with E-state index in [0.29, 0.717) is 16.3 Å². The zero-order valence-electron chi connectivity index (χ0n) is 11.0. The summed E-state index contributed by atoms with van der Waals surface area (Å²) in [6, 6.07) is 12.5. The lowest BCUT2D eigenvalue weighted by Crippen LogP contribution is -2.14. The number of carbonyl (C=O) groups is 1. The highest BCUT2D eigenvalue weighted by molar-refractivity contribution is 7.99. The summed E-state index contributed by atoms with van der Waals surface area (Å²) in [5.41, 5.74) is 7.39. The molecule has 1 amide bonds. The van der Waals surface area contributed by atoms with Gasteiger partial charge in [0.1, 0.15) is 0 Å². The van der Waals surface area contributed by atoms with Crippen molar-refractivity contribution in [2.45, 2.75) is 11.8 Å². The summed E-state index contributed by atoms with van der Waals surface area (Å²) in [5, 5.41) is 3.37. The van der Waals surface area contributed by atoms with E-state index in [1.807, 2.05) is 24.3 Å². The van der Waals surface area contributed by atoms with E-state index >= 15 is 0 Å². The molecule has 0 aliphatic carbocycles. The Balaban J connectivity index is 2.26. The Bertz CT molecular complexity index is 631. The van der Waals surface area contributed by atoms with Crippen molar-refractivity contribution in [3.8, 4) is 0 Å². The van der Waals surface area contributed by atoms with Crippen LogP contribution >= 0.6 is 23.4 Å². The number of amides is 1. The molecule has 0 unspecified atom stereocenters. The molecule has 0 aliphatic heterocycles. The minimum atomic E-state index is -0.255. The van der Waals surface area contributed by atoms with Gasteiger partial charge in [-0.25, -0.2) is 0 Å². The highest BCUT2D eigenvalue weighted by Gasteiger charge is 2.12. The normalized spacial score (nSPS) is 10.3. The fourth-order valence-electron chi connectivity index (χ4n) is 1.77. The molecular weight excluding hydrogens is 292 g/mol. The molecule has 0 spiro atoms.